The van der Waals surface area contributed by atoms with Crippen LogP contribution in [0.15, 0.2) is 0 Å². The Hall–Kier alpha value is -0.120. The summed E-state index contributed by atoms with van der Waals surface area (Å²) in [6, 6.07) is 0.518. The van der Waals surface area contributed by atoms with E-state index >= 15 is 0 Å². The molecule has 0 radical (unpaired) electrons. The van der Waals surface area contributed by atoms with Crippen LogP contribution in [0.2, 0.25) is 0 Å². The number of hydrogen-bond donors (Lipinski definition) is 1. The molecule has 0 heterocycles. The third-order valence-corrected chi connectivity index (χ3v) is 4.19. The smallest absolute Gasteiger partial charge is 0.0731 e. The molecule has 1 saturated carbocycles. The van der Waals surface area contributed by atoms with Crippen molar-refractivity contribution in [1.82, 2.24) is 5.32 Å². The summed E-state index contributed by atoms with van der Waals surface area (Å²) in [7, 11) is 0. The molecule has 1 N–H and O–H groups in total. The van der Waals surface area contributed by atoms with Crippen LogP contribution in [-0.4, -0.2) is 37.5 Å². The van der Waals surface area contributed by atoms with Crippen molar-refractivity contribution in [1.29, 1.82) is 0 Å². The molecular formula is C17H35NO2. The number of likely N-dealkylation sites (N-methyl/N-ethyl adjacent to an activating group) is 1. The summed E-state index contributed by atoms with van der Waals surface area (Å²) in [6.45, 7) is 15.5. The van der Waals surface area contributed by atoms with Gasteiger partial charge in [0.1, 0.15) is 0 Å². The monoisotopic (exact) mass is 285 g/mol. The number of ether oxygens (including phenoxy) is 2. The van der Waals surface area contributed by atoms with E-state index in [0.717, 1.165) is 18.4 Å². The molecule has 120 valence electrons. The molecule has 20 heavy (non-hydrogen) atoms. The Morgan fingerprint density at radius 3 is 2.40 bits per heavy atom. The van der Waals surface area contributed by atoms with Gasteiger partial charge in [-0.15, -0.1) is 0 Å². The SMILES string of the molecule is CCNC1CCC(C(C)C)CC1OCCOC(C)(C)C. The average Bonchev–Trinajstić information content (AvgIpc) is 2.35. The molecule has 1 aliphatic rings. The zero-order chi connectivity index (χ0) is 15.2. The Kier molecular flexibility index (Phi) is 7.49. The van der Waals surface area contributed by atoms with Crippen LogP contribution in [-0.2, 0) is 9.47 Å². The summed E-state index contributed by atoms with van der Waals surface area (Å²) in [6.07, 6.45) is 4.10. The molecule has 3 nitrogen and oxygen atoms in total. The van der Waals surface area contributed by atoms with E-state index in [2.05, 4.69) is 46.9 Å². The van der Waals surface area contributed by atoms with Crippen LogP contribution in [0.1, 0.15) is 60.8 Å². The fraction of sp³-hybridized carbons (Fsp3) is 1.00. The molecule has 1 rings (SSSR count). The summed E-state index contributed by atoms with van der Waals surface area (Å²) in [4.78, 5) is 0. The fourth-order valence-corrected chi connectivity index (χ4v) is 2.99. The highest BCUT2D eigenvalue weighted by atomic mass is 16.5. The van der Waals surface area contributed by atoms with Crippen molar-refractivity contribution in [2.45, 2.75) is 78.6 Å². The van der Waals surface area contributed by atoms with Crippen molar-refractivity contribution in [2.75, 3.05) is 19.8 Å². The van der Waals surface area contributed by atoms with Gasteiger partial charge in [-0.2, -0.15) is 0 Å². The predicted octanol–water partition coefficient (Wildman–Crippen LogP) is 3.62. The van der Waals surface area contributed by atoms with E-state index < -0.39 is 0 Å². The number of rotatable bonds is 7. The second-order valence-electron chi connectivity index (χ2n) is 7.35. The fourth-order valence-electron chi connectivity index (χ4n) is 2.99. The molecule has 3 unspecified atom stereocenters. The van der Waals surface area contributed by atoms with Crippen molar-refractivity contribution >= 4 is 0 Å². The van der Waals surface area contributed by atoms with Gasteiger partial charge in [0.15, 0.2) is 0 Å². The minimum Gasteiger partial charge on any atom is -0.374 e. The van der Waals surface area contributed by atoms with Gasteiger partial charge in [0, 0.05) is 6.04 Å². The highest BCUT2D eigenvalue weighted by molar-refractivity contribution is 4.86. The second kappa shape index (κ2) is 8.35. The zero-order valence-electron chi connectivity index (χ0n) is 14.4. The Balaban J connectivity index is 2.39. The van der Waals surface area contributed by atoms with E-state index in [-0.39, 0.29) is 5.60 Å². The normalized spacial score (nSPS) is 28.1. The molecule has 3 atom stereocenters. The lowest BCUT2D eigenvalue weighted by atomic mass is 9.78. The molecule has 3 heteroatoms. The highest BCUT2D eigenvalue weighted by Gasteiger charge is 2.31. The number of nitrogens with one attached hydrogen (secondary N) is 1. The van der Waals surface area contributed by atoms with Crippen molar-refractivity contribution in [3.63, 3.8) is 0 Å². The lowest BCUT2D eigenvalue weighted by Crippen LogP contribution is -2.46. The van der Waals surface area contributed by atoms with Gasteiger partial charge in [0.05, 0.1) is 24.9 Å². The first kappa shape index (κ1) is 17.9. The van der Waals surface area contributed by atoms with E-state index in [0.29, 0.717) is 25.4 Å². The summed E-state index contributed by atoms with van der Waals surface area (Å²) in [5, 5.41) is 3.59. The molecule has 0 amide bonds. The summed E-state index contributed by atoms with van der Waals surface area (Å²) in [5.74, 6) is 1.56. The van der Waals surface area contributed by atoms with Gasteiger partial charge in [0.25, 0.3) is 0 Å². The average molecular weight is 285 g/mol. The van der Waals surface area contributed by atoms with Crippen LogP contribution in [0.3, 0.4) is 0 Å². The minimum absolute atomic E-state index is 0.0720. The van der Waals surface area contributed by atoms with Crippen LogP contribution >= 0.6 is 0 Å². The van der Waals surface area contributed by atoms with Gasteiger partial charge in [-0.25, -0.2) is 0 Å². The van der Waals surface area contributed by atoms with E-state index in [4.69, 9.17) is 9.47 Å². The first-order chi connectivity index (χ1) is 9.33. The molecular weight excluding hydrogens is 250 g/mol. The third kappa shape index (κ3) is 6.55. The Morgan fingerprint density at radius 1 is 1.15 bits per heavy atom. The van der Waals surface area contributed by atoms with E-state index in [1.54, 1.807) is 0 Å². The van der Waals surface area contributed by atoms with Gasteiger partial charge < -0.3 is 14.8 Å². The zero-order valence-corrected chi connectivity index (χ0v) is 14.4. The molecule has 1 aliphatic carbocycles. The maximum atomic E-state index is 6.14. The lowest BCUT2D eigenvalue weighted by Gasteiger charge is -2.38. The van der Waals surface area contributed by atoms with Gasteiger partial charge in [-0.3, -0.25) is 0 Å². The summed E-state index contributed by atoms with van der Waals surface area (Å²) >= 11 is 0. The molecule has 0 aliphatic heterocycles. The highest BCUT2D eigenvalue weighted by Crippen LogP contribution is 2.31. The van der Waals surface area contributed by atoms with Crippen molar-refractivity contribution in [3.05, 3.63) is 0 Å². The van der Waals surface area contributed by atoms with Crippen LogP contribution in [0, 0.1) is 11.8 Å². The Labute approximate surface area is 125 Å². The minimum atomic E-state index is -0.0720. The molecule has 0 spiro atoms. The van der Waals surface area contributed by atoms with Crippen molar-refractivity contribution in [2.24, 2.45) is 11.8 Å². The topological polar surface area (TPSA) is 30.5 Å². The molecule has 0 bridgehead atoms. The third-order valence-electron chi connectivity index (χ3n) is 4.19. The summed E-state index contributed by atoms with van der Waals surface area (Å²) in [5.41, 5.74) is -0.0720. The number of hydrogen-bond acceptors (Lipinski definition) is 3. The first-order valence-corrected chi connectivity index (χ1v) is 8.32. The molecule has 0 aromatic rings. The van der Waals surface area contributed by atoms with Crippen LogP contribution in [0.25, 0.3) is 0 Å². The van der Waals surface area contributed by atoms with Crippen molar-refractivity contribution < 1.29 is 9.47 Å². The maximum Gasteiger partial charge on any atom is 0.0731 e. The van der Waals surface area contributed by atoms with Gasteiger partial charge in [-0.05, 0) is 58.4 Å². The van der Waals surface area contributed by atoms with Gasteiger partial charge in [-0.1, -0.05) is 20.8 Å². The molecule has 0 aromatic heterocycles. The second-order valence-corrected chi connectivity index (χ2v) is 7.35. The summed E-state index contributed by atoms with van der Waals surface area (Å²) < 4.78 is 11.9. The van der Waals surface area contributed by atoms with Crippen LogP contribution in [0.5, 0.6) is 0 Å². The van der Waals surface area contributed by atoms with Gasteiger partial charge in [0.2, 0.25) is 0 Å². The first-order valence-electron chi connectivity index (χ1n) is 8.32. The Morgan fingerprint density at radius 2 is 1.85 bits per heavy atom. The van der Waals surface area contributed by atoms with E-state index in [1.807, 2.05) is 0 Å². The molecule has 0 saturated heterocycles. The maximum absolute atomic E-state index is 6.14. The van der Waals surface area contributed by atoms with Crippen LogP contribution in [0.4, 0.5) is 0 Å². The van der Waals surface area contributed by atoms with Gasteiger partial charge >= 0.3 is 0 Å². The Bertz CT molecular complexity index is 260. The molecule has 0 aromatic carbocycles. The van der Waals surface area contributed by atoms with Crippen LogP contribution < -0.4 is 5.32 Å². The predicted molar refractivity (Wildman–Crippen MR) is 85.1 cm³/mol. The molecule has 1 fully saturated rings. The largest absolute Gasteiger partial charge is 0.374 e. The lowest BCUT2D eigenvalue weighted by molar-refractivity contribution is -0.0719. The van der Waals surface area contributed by atoms with Crippen molar-refractivity contribution in [3.8, 4) is 0 Å². The van der Waals surface area contributed by atoms with E-state index in [1.165, 1.54) is 19.3 Å². The standard InChI is InChI=1S/C17H35NO2/c1-7-18-15-9-8-14(13(2)3)12-16(15)19-10-11-20-17(4,5)6/h13-16,18H,7-12H2,1-6H3. The van der Waals surface area contributed by atoms with E-state index in [9.17, 15) is 0 Å². The quantitative estimate of drug-likeness (QED) is 0.725.